The van der Waals surface area contributed by atoms with E-state index in [0.717, 1.165) is 5.56 Å². The zero-order chi connectivity index (χ0) is 13.0. The molecular weight excluding hydrogens is 227 g/mol. The molecule has 2 rings (SSSR count). The summed E-state index contributed by atoms with van der Waals surface area (Å²) in [6.07, 6.45) is 5.16. The van der Waals surface area contributed by atoms with Crippen molar-refractivity contribution in [1.82, 2.24) is 4.90 Å². The van der Waals surface area contributed by atoms with E-state index in [1.807, 2.05) is 12.1 Å². The number of nitrogens with two attached hydrogens (primary N) is 1. The average Bonchev–Trinajstić information content (AvgIpc) is 2.87. The van der Waals surface area contributed by atoms with Crippen LogP contribution in [0.5, 0.6) is 0 Å². The first-order valence-electron chi connectivity index (χ1n) is 6.86. The van der Waals surface area contributed by atoms with E-state index in [9.17, 15) is 4.39 Å². The van der Waals surface area contributed by atoms with E-state index in [-0.39, 0.29) is 5.82 Å². The second-order valence-corrected chi connectivity index (χ2v) is 5.35. The lowest BCUT2D eigenvalue weighted by Gasteiger charge is -2.32. The highest BCUT2D eigenvalue weighted by atomic mass is 19.1. The number of hydrogen-bond donors (Lipinski definition) is 1. The summed E-state index contributed by atoms with van der Waals surface area (Å²) in [6, 6.07) is 7.38. The van der Waals surface area contributed by atoms with Crippen molar-refractivity contribution in [2.75, 3.05) is 13.6 Å². The van der Waals surface area contributed by atoms with Crippen molar-refractivity contribution in [1.29, 1.82) is 0 Å². The van der Waals surface area contributed by atoms with Gasteiger partial charge in [0.2, 0.25) is 0 Å². The average molecular weight is 250 g/mol. The molecule has 0 aromatic heterocycles. The molecule has 100 valence electrons. The van der Waals surface area contributed by atoms with E-state index < -0.39 is 0 Å². The van der Waals surface area contributed by atoms with Crippen LogP contribution in [-0.4, -0.2) is 24.5 Å². The van der Waals surface area contributed by atoms with Gasteiger partial charge in [0, 0.05) is 24.7 Å². The number of hydrogen-bond acceptors (Lipinski definition) is 2. The van der Waals surface area contributed by atoms with Gasteiger partial charge < -0.3 is 5.73 Å². The lowest BCUT2D eigenvalue weighted by molar-refractivity contribution is 0.172. The third-order valence-electron chi connectivity index (χ3n) is 4.13. The smallest absolute Gasteiger partial charge is 0.127 e. The first-order valence-corrected chi connectivity index (χ1v) is 6.86. The molecule has 0 spiro atoms. The van der Waals surface area contributed by atoms with E-state index in [2.05, 4.69) is 11.9 Å². The molecule has 0 amide bonds. The molecule has 0 bridgehead atoms. The summed E-state index contributed by atoms with van der Waals surface area (Å²) >= 11 is 0. The summed E-state index contributed by atoms with van der Waals surface area (Å²) in [5.74, 6) is 0.568. The lowest BCUT2D eigenvalue weighted by atomic mass is 9.96. The van der Waals surface area contributed by atoms with Crippen LogP contribution < -0.4 is 5.73 Å². The molecule has 0 heterocycles. The van der Waals surface area contributed by atoms with Gasteiger partial charge in [-0.05, 0) is 31.9 Å². The molecule has 18 heavy (non-hydrogen) atoms. The topological polar surface area (TPSA) is 29.3 Å². The van der Waals surface area contributed by atoms with Gasteiger partial charge >= 0.3 is 0 Å². The zero-order valence-electron chi connectivity index (χ0n) is 11.1. The number of benzene rings is 1. The summed E-state index contributed by atoms with van der Waals surface area (Å²) in [4.78, 5) is 2.22. The van der Waals surface area contributed by atoms with E-state index in [0.29, 0.717) is 25.0 Å². The molecule has 0 radical (unpaired) electrons. The SMILES string of the molecule is CN(Cc1ccccc1F)C(CN)C1CCCC1. The van der Waals surface area contributed by atoms with Crippen LogP contribution in [0.25, 0.3) is 0 Å². The Balaban J connectivity index is 2.01. The summed E-state index contributed by atoms with van der Waals surface area (Å²) < 4.78 is 13.6. The van der Waals surface area contributed by atoms with Crippen LogP contribution in [0, 0.1) is 11.7 Å². The normalized spacial score (nSPS) is 18.4. The maximum atomic E-state index is 13.6. The van der Waals surface area contributed by atoms with Gasteiger partial charge in [0.15, 0.2) is 0 Å². The quantitative estimate of drug-likeness (QED) is 0.870. The highest BCUT2D eigenvalue weighted by Gasteiger charge is 2.27. The highest BCUT2D eigenvalue weighted by Crippen LogP contribution is 2.30. The van der Waals surface area contributed by atoms with Crippen LogP contribution in [-0.2, 0) is 6.54 Å². The Bertz CT molecular complexity index is 375. The first kappa shape index (κ1) is 13.5. The van der Waals surface area contributed by atoms with Crippen molar-refractivity contribution in [3.63, 3.8) is 0 Å². The third kappa shape index (κ3) is 3.09. The molecule has 2 nitrogen and oxygen atoms in total. The van der Waals surface area contributed by atoms with E-state index in [4.69, 9.17) is 5.73 Å². The van der Waals surface area contributed by atoms with Gasteiger partial charge in [-0.25, -0.2) is 4.39 Å². The number of rotatable bonds is 5. The van der Waals surface area contributed by atoms with Crippen molar-refractivity contribution in [3.8, 4) is 0 Å². The molecule has 1 aliphatic carbocycles. The van der Waals surface area contributed by atoms with Crippen molar-refractivity contribution in [2.24, 2.45) is 11.7 Å². The van der Waals surface area contributed by atoms with Gasteiger partial charge in [-0.3, -0.25) is 4.90 Å². The van der Waals surface area contributed by atoms with Gasteiger partial charge in [0.25, 0.3) is 0 Å². The monoisotopic (exact) mass is 250 g/mol. The van der Waals surface area contributed by atoms with Gasteiger partial charge in [-0.2, -0.15) is 0 Å². The number of halogens is 1. The van der Waals surface area contributed by atoms with Crippen LogP contribution in [0.1, 0.15) is 31.2 Å². The van der Waals surface area contributed by atoms with Crippen LogP contribution in [0.15, 0.2) is 24.3 Å². The van der Waals surface area contributed by atoms with E-state index in [1.165, 1.54) is 31.7 Å². The second-order valence-electron chi connectivity index (χ2n) is 5.35. The van der Waals surface area contributed by atoms with Crippen molar-refractivity contribution in [2.45, 2.75) is 38.3 Å². The highest BCUT2D eigenvalue weighted by molar-refractivity contribution is 5.17. The molecule has 1 aromatic carbocycles. The Hall–Kier alpha value is -0.930. The van der Waals surface area contributed by atoms with Crippen LogP contribution in [0.4, 0.5) is 4.39 Å². The van der Waals surface area contributed by atoms with Crippen LogP contribution in [0.2, 0.25) is 0 Å². The van der Waals surface area contributed by atoms with Crippen molar-refractivity contribution < 1.29 is 4.39 Å². The predicted molar refractivity (Wildman–Crippen MR) is 72.7 cm³/mol. The summed E-state index contributed by atoms with van der Waals surface area (Å²) in [7, 11) is 2.06. The summed E-state index contributed by atoms with van der Waals surface area (Å²) in [5.41, 5.74) is 6.67. The fraction of sp³-hybridized carbons (Fsp3) is 0.600. The minimum absolute atomic E-state index is 0.119. The van der Waals surface area contributed by atoms with Crippen molar-refractivity contribution in [3.05, 3.63) is 35.6 Å². The molecule has 1 saturated carbocycles. The molecule has 0 aliphatic heterocycles. The van der Waals surface area contributed by atoms with Gasteiger partial charge in [-0.15, -0.1) is 0 Å². The number of nitrogens with zero attached hydrogens (tertiary/aromatic N) is 1. The van der Waals surface area contributed by atoms with Gasteiger partial charge in [0.05, 0.1) is 0 Å². The Morgan fingerprint density at radius 3 is 2.61 bits per heavy atom. The molecule has 2 N–H and O–H groups in total. The Morgan fingerprint density at radius 1 is 1.33 bits per heavy atom. The standard InChI is InChI=1S/C15H23FN2/c1-18(11-13-8-4-5-9-14(13)16)15(10-17)12-6-2-3-7-12/h4-5,8-9,12,15H,2-3,6-7,10-11,17H2,1H3. The Labute approximate surface area is 109 Å². The van der Waals surface area contributed by atoms with Gasteiger partial charge in [0.1, 0.15) is 5.82 Å². The molecule has 3 heteroatoms. The molecule has 1 aliphatic rings. The molecular formula is C15H23FN2. The van der Waals surface area contributed by atoms with Crippen LogP contribution in [0.3, 0.4) is 0 Å². The van der Waals surface area contributed by atoms with Gasteiger partial charge in [-0.1, -0.05) is 31.0 Å². The molecule has 0 saturated heterocycles. The van der Waals surface area contributed by atoms with E-state index >= 15 is 0 Å². The molecule has 1 atom stereocenters. The maximum Gasteiger partial charge on any atom is 0.127 e. The third-order valence-corrected chi connectivity index (χ3v) is 4.13. The predicted octanol–water partition coefficient (Wildman–Crippen LogP) is 2.78. The molecule has 1 fully saturated rings. The zero-order valence-corrected chi connectivity index (χ0v) is 11.1. The molecule has 1 aromatic rings. The fourth-order valence-corrected chi connectivity index (χ4v) is 3.09. The van der Waals surface area contributed by atoms with E-state index in [1.54, 1.807) is 6.07 Å². The molecule has 1 unspecified atom stereocenters. The maximum absolute atomic E-state index is 13.6. The second kappa shape index (κ2) is 6.30. The Morgan fingerprint density at radius 2 is 2.00 bits per heavy atom. The Kier molecular flexibility index (Phi) is 4.72. The number of likely N-dealkylation sites (N-methyl/N-ethyl adjacent to an activating group) is 1. The fourth-order valence-electron chi connectivity index (χ4n) is 3.09. The lowest BCUT2D eigenvalue weighted by Crippen LogP contribution is -2.42. The minimum atomic E-state index is -0.119. The summed E-state index contributed by atoms with van der Waals surface area (Å²) in [6.45, 7) is 1.31. The first-order chi connectivity index (χ1) is 8.72. The minimum Gasteiger partial charge on any atom is -0.329 e. The largest absolute Gasteiger partial charge is 0.329 e. The van der Waals surface area contributed by atoms with Crippen LogP contribution >= 0.6 is 0 Å². The van der Waals surface area contributed by atoms with Crippen molar-refractivity contribution >= 4 is 0 Å². The summed E-state index contributed by atoms with van der Waals surface area (Å²) in [5, 5.41) is 0.